The number of carbonyl (C=O) groups is 1. The van der Waals surface area contributed by atoms with Crippen LogP contribution in [0.5, 0.6) is 0 Å². The standard InChI is InChI=1S/C18H21N5O2/c1-14-10-17(21-25-14)20-18(24)8-9-22(2)12-15-11-19-23(13-15)16-6-4-3-5-7-16/h3-7,10-11,13H,8-9,12H2,1-2H3,(H,20,21,24). The van der Waals surface area contributed by atoms with E-state index >= 15 is 0 Å². The highest BCUT2D eigenvalue weighted by Gasteiger charge is 2.09. The Labute approximate surface area is 146 Å². The summed E-state index contributed by atoms with van der Waals surface area (Å²) in [6.45, 7) is 3.15. The number of hydrogen-bond donors (Lipinski definition) is 1. The summed E-state index contributed by atoms with van der Waals surface area (Å²) in [5.41, 5.74) is 2.12. The Kier molecular flexibility index (Phi) is 5.25. The number of nitrogens with zero attached hydrogens (tertiary/aromatic N) is 4. The molecule has 0 fully saturated rings. The second-order valence-corrected chi connectivity index (χ2v) is 5.99. The minimum absolute atomic E-state index is 0.0832. The van der Waals surface area contributed by atoms with Gasteiger partial charge in [-0.25, -0.2) is 4.68 Å². The van der Waals surface area contributed by atoms with Crippen LogP contribution in [-0.4, -0.2) is 39.3 Å². The minimum atomic E-state index is -0.0832. The maximum absolute atomic E-state index is 11.9. The molecule has 0 aliphatic rings. The lowest BCUT2D eigenvalue weighted by molar-refractivity contribution is -0.116. The number of aryl methyl sites for hydroxylation is 1. The molecular formula is C18H21N5O2. The SMILES string of the molecule is Cc1cc(NC(=O)CCN(C)Cc2cnn(-c3ccccc3)c2)no1. The van der Waals surface area contributed by atoms with Crippen LogP contribution in [0.15, 0.2) is 53.3 Å². The van der Waals surface area contributed by atoms with Gasteiger partial charge < -0.3 is 14.7 Å². The van der Waals surface area contributed by atoms with Crippen molar-refractivity contribution < 1.29 is 9.32 Å². The van der Waals surface area contributed by atoms with E-state index in [4.69, 9.17) is 4.52 Å². The molecule has 1 aromatic carbocycles. The molecule has 2 heterocycles. The van der Waals surface area contributed by atoms with Crippen molar-refractivity contribution in [3.63, 3.8) is 0 Å². The van der Waals surface area contributed by atoms with E-state index in [1.165, 1.54) is 0 Å². The van der Waals surface area contributed by atoms with Gasteiger partial charge >= 0.3 is 0 Å². The fourth-order valence-corrected chi connectivity index (χ4v) is 2.48. The first-order chi connectivity index (χ1) is 12.1. The van der Waals surface area contributed by atoms with Crippen molar-refractivity contribution in [3.8, 4) is 5.69 Å². The average Bonchev–Trinajstić information content (AvgIpc) is 3.23. The van der Waals surface area contributed by atoms with Crippen molar-refractivity contribution >= 4 is 11.7 Å². The van der Waals surface area contributed by atoms with E-state index in [0.717, 1.165) is 17.8 Å². The quantitative estimate of drug-likeness (QED) is 0.716. The number of aromatic nitrogens is 3. The molecule has 3 rings (SSSR count). The van der Waals surface area contributed by atoms with E-state index in [2.05, 4.69) is 20.5 Å². The van der Waals surface area contributed by atoms with Crippen molar-refractivity contribution in [1.82, 2.24) is 19.8 Å². The molecule has 0 atom stereocenters. The summed E-state index contributed by atoms with van der Waals surface area (Å²) < 4.78 is 6.77. The van der Waals surface area contributed by atoms with Crippen molar-refractivity contribution in [1.29, 1.82) is 0 Å². The summed E-state index contributed by atoms with van der Waals surface area (Å²) in [4.78, 5) is 14.0. The van der Waals surface area contributed by atoms with Crippen LogP contribution in [0.25, 0.3) is 5.69 Å². The van der Waals surface area contributed by atoms with Crippen molar-refractivity contribution in [2.24, 2.45) is 0 Å². The lowest BCUT2D eigenvalue weighted by Gasteiger charge is -2.14. The molecule has 7 heteroatoms. The van der Waals surface area contributed by atoms with Gasteiger partial charge in [0, 0.05) is 37.3 Å². The van der Waals surface area contributed by atoms with Crippen LogP contribution < -0.4 is 5.32 Å². The van der Waals surface area contributed by atoms with E-state index < -0.39 is 0 Å². The molecule has 0 bridgehead atoms. The molecule has 130 valence electrons. The first-order valence-electron chi connectivity index (χ1n) is 8.11. The molecule has 0 unspecified atom stereocenters. The van der Waals surface area contributed by atoms with E-state index in [1.807, 2.05) is 54.5 Å². The Bertz CT molecular complexity index is 825. The highest BCUT2D eigenvalue weighted by molar-refractivity contribution is 5.89. The summed E-state index contributed by atoms with van der Waals surface area (Å²) in [6.07, 6.45) is 4.24. The van der Waals surface area contributed by atoms with Gasteiger partial charge in [0.1, 0.15) is 5.76 Å². The van der Waals surface area contributed by atoms with Gasteiger partial charge in [-0.05, 0) is 26.1 Å². The first-order valence-corrected chi connectivity index (χ1v) is 8.11. The third kappa shape index (κ3) is 4.77. The van der Waals surface area contributed by atoms with Gasteiger partial charge in [-0.3, -0.25) is 4.79 Å². The van der Waals surface area contributed by atoms with Crippen molar-refractivity contribution in [3.05, 3.63) is 60.1 Å². The molecule has 0 radical (unpaired) electrons. The monoisotopic (exact) mass is 339 g/mol. The highest BCUT2D eigenvalue weighted by atomic mass is 16.5. The topological polar surface area (TPSA) is 76.2 Å². The highest BCUT2D eigenvalue weighted by Crippen LogP contribution is 2.10. The number of para-hydroxylation sites is 1. The van der Waals surface area contributed by atoms with Crippen LogP contribution in [0.1, 0.15) is 17.7 Å². The number of rotatable bonds is 7. The molecule has 0 saturated carbocycles. The normalized spacial score (nSPS) is 11.0. The van der Waals surface area contributed by atoms with Crippen molar-refractivity contribution in [2.45, 2.75) is 19.9 Å². The summed E-state index contributed by atoms with van der Waals surface area (Å²) in [7, 11) is 1.98. The van der Waals surface area contributed by atoms with Crippen LogP contribution in [0.3, 0.4) is 0 Å². The van der Waals surface area contributed by atoms with Crippen LogP contribution in [0.2, 0.25) is 0 Å². The first kappa shape index (κ1) is 16.9. The number of carbonyl (C=O) groups excluding carboxylic acids is 1. The molecule has 0 aliphatic heterocycles. The molecule has 25 heavy (non-hydrogen) atoms. The van der Waals surface area contributed by atoms with Crippen molar-refractivity contribution in [2.75, 3.05) is 18.9 Å². The fourth-order valence-electron chi connectivity index (χ4n) is 2.48. The predicted octanol–water partition coefficient (Wildman–Crippen LogP) is 2.63. The summed E-state index contributed by atoms with van der Waals surface area (Å²) in [6, 6.07) is 11.7. The van der Waals surface area contributed by atoms with E-state index in [0.29, 0.717) is 24.5 Å². The van der Waals surface area contributed by atoms with E-state index in [1.54, 1.807) is 13.0 Å². The van der Waals surface area contributed by atoms with Gasteiger partial charge in [0.2, 0.25) is 5.91 Å². The summed E-state index contributed by atoms with van der Waals surface area (Å²) >= 11 is 0. The molecule has 2 aromatic heterocycles. The molecule has 1 amide bonds. The maximum atomic E-state index is 11.9. The molecule has 0 aliphatic carbocycles. The van der Waals surface area contributed by atoms with Gasteiger partial charge in [0.05, 0.1) is 11.9 Å². The second-order valence-electron chi connectivity index (χ2n) is 5.99. The molecule has 0 spiro atoms. The molecule has 0 saturated heterocycles. The predicted molar refractivity (Wildman–Crippen MR) is 94.4 cm³/mol. The zero-order valence-electron chi connectivity index (χ0n) is 14.3. The van der Waals surface area contributed by atoms with Gasteiger partial charge in [-0.15, -0.1) is 0 Å². The fraction of sp³-hybridized carbons (Fsp3) is 0.278. The summed E-state index contributed by atoms with van der Waals surface area (Å²) in [5, 5.41) is 10.9. The van der Waals surface area contributed by atoms with Gasteiger partial charge in [-0.1, -0.05) is 23.4 Å². The Morgan fingerprint density at radius 2 is 2.12 bits per heavy atom. The number of nitrogens with one attached hydrogen (secondary N) is 1. The Hall–Kier alpha value is -2.93. The van der Waals surface area contributed by atoms with Crippen LogP contribution in [-0.2, 0) is 11.3 Å². The van der Waals surface area contributed by atoms with E-state index in [-0.39, 0.29) is 5.91 Å². The number of anilines is 1. The zero-order valence-corrected chi connectivity index (χ0v) is 14.3. The van der Waals surface area contributed by atoms with Gasteiger partial charge in [0.25, 0.3) is 0 Å². The maximum Gasteiger partial charge on any atom is 0.226 e. The van der Waals surface area contributed by atoms with E-state index in [9.17, 15) is 4.79 Å². The lowest BCUT2D eigenvalue weighted by atomic mass is 10.3. The largest absolute Gasteiger partial charge is 0.360 e. The molecule has 7 nitrogen and oxygen atoms in total. The Morgan fingerprint density at radius 3 is 2.84 bits per heavy atom. The van der Waals surface area contributed by atoms with Gasteiger partial charge in [0.15, 0.2) is 5.82 Å². The third-order valence-corrected chi connectivity index (χ3v) is 3.73. The third-order valence-electron chi connectivity index (χ3n) is 3.73. The van der Waals surface area contributed by atoms with Gasteiger partial charge in [-0.2, -0.15) is 5.10 Å². The lowest BCUT2D eigenvalue weighted by Crippen LogP contribution is -2.24. The van der Waals surface area contributed by atoms with Crippen LogP contribution >= 0.6 is 0 Å². The molecule has 3 aromatic rings. The molecule has 1 N–H and O–H groups in total. The Morgan fingerprint density at radius 1 is 1.32 bits per heavy atom. The average molecular weight is 339 g/mol. The smallest absolute Gasteiger partial charge is 0.226 e. The summed E-state index contributed by atoms with van der Waals surface area (Å²) in [5.74, 6) is 1.04. The number of hydrogen-bond acceptors (Lipinski definition) is 5. The number of amides is 1. The second kappa shape index (κ2) is 7.76. The molecular weight excluding hydrogens is 318 g/mol. The number of benzene rings is 1. The minimum Gasteiger partial charge on any atom is -0.360 e. The van der Waals surface area contributed by atoms with Crippen LogP contribution in [0, 0.1) is 6.92 Å². The van der Waals surface area contributed by atoms with Crippen LogP contribution in [0.4, 0.5) is 5.82 Å². The zero-order chi connectivity index (χ0) is 17.6. The Balaban J connectivity index is 1.47.